The molecule has 0 bridgehead atoms. The van der Waals surface area contributed by atoms with Gasteiger partial charge in [0.2, 0.25) is 0 Å². The molecule has 1 fully saturated rings. The monoisotopic (exact) mass is 322 g/mol. The van der Waals surface area contributed by atoms with E-state index in [9.17, 15) is 10.1 Å². The first-order chi connectivity index (χ1) is 11.6. The second-order valence-electron chi connectivity index (χ2n) is 7.15. The van der Waals surface area contributed by atoms with E-state index in [0.717, 1.165) is 24.3 Å². The molecule has 2 aromatic rings. The van der Waals surface area contributed by atoms with Crippen molar-refractivity contribution in [3.63, 3.8) is 0 Å². The average molecular weight is 322 g/mol. The van der Waals surface area contributed by atoms with Crippen molar-refractivity contribution in [3.05, 3.63) is 69.3 Å². The second kappa shape index (κ2) is 5.62. The van der Waals surface area contributed by atoms with Gasteiger partial charge in [-0.2, -0.15) is 0 Å². The molecule has 1 aliphatic heterocycles. The SMILES string of the molecule is Cc1cc([N+](=O)[O-])ccc1N1CCC2(CCc3ccccc32)CC1. The molecule has 1 heterocycles. The van der Waals surface area contributed by atoms with Crippen LogP contribution in [0, 0.1) is 17.0 Å². The van der Waals surface area contributed by atoms with E-state index in [1.165, 1.54) is 31.2 Å². The van der Waals surface area contributed by atoms with E-state index in [-0.39, 0.29) is 10.6 Å². The van der Waals surface area contributed by atoms with Gasteiger partial charge in [0.25, 0.3) is 5.69 Å². The average Bonchev–Trinajstić information content (AvgIpc) is 2.95. The van der Waals surface area contributed by atoms with Gasteiger partial charge in [-0.1, -0.05) is 24.3 Å². The molecule has 1 aliphatic carbocycles. The van der Waals surface area contributed by atoms with E-state index >= 15 is 0 Å². The lowest BCUT2D eigenvalue weighted by Crippen LogP contribution is -2.41. The van der Waals surface area contributed by atoms with Crippen LogP contribution >= 0.6 is 0 Å². The maximum absolute atomic E-state index is 10.9. The van der Waals surface area contributed by atoms with Crippen LogP contribution in [0.1, 0.15) is 36.0 Å². The van der Waals surface area contributed by atoms with Gasteiger partial charge in [-0.3, -0.25) is 10.1 Å². The zero-order valence-corrected chi connectivity index (χ0v) is 14.0. The third-order valence-corrected chi connectivity index (χ3v) is 5.91. The first-order valence-corrected chi connectivity index (χ1v) is 8.67. The fraction of sp³-hybridized carbons (Fsp3) is 0.400. The lowest BCUT2D eigenvalue weighted by Gasteiger charge is -2.41. The van der Waals surface area contributed by atoms with Crippen molar-refractivity contribution in [2.75, 3.05) is 18.0 Å². The minimum Gasteiger partial charge on any atom is -0.371 e. The minimum absolute atomic E-state index is 0.175. The lowest BCUT2D eigenvalue weighted by molar-refractivity contribution is -0.384. The van der Waals surface area contributed by atoms with Crippen molar-refractivity contribution < 1.29 is 4.92 Å². The highest BCUT2D eigenvalue weighted by Gasteiger charge is 2.41. The van der Waals surface area contributed by atoms with Gasteiger partial charge in [-0.15, -0.1) is 0 Å². The number of nitro benzene ring substituents is 1. The lowest BCUT2D eigenvalue weighted by atomic mass is 9.73. The molecule has 4 heteroatoms. The Morgan fingerprint density at radius 2 is 1.83 bits per heavy atom. The largest absolute Gasteiger partial charge is 0.371 e. The zero-order valence-electron chi connectivity index (χ0n) is 14.0. The van der Waals surface area contributed by atoms with Gasteiger partial charge in [-0.05, 0) is 60.8 Å². The number of fused-ring (bicyclic) bond motifs is 2. The number of nitrogens with zero attached hydrogens (tertiary/aromatic N) is 2. The molecule has 0 aromatic heterocycles. The molecule has 0 radical (unpaired) electrons. The van der Waals surface area contributed by atoms with Crippen molar-refractivity contribution in [1.29, 1.82) is 0 Å². The molecule has 0 saturated carbocycles. The third kappa shape index (κ3) is 2.37. The summed E-state index contributed by atoms with van der Waals surface area (Å²) in [6.45, 7) is 4.01. The molecule has 24 heavy (non-hydrogen) atoms. The van der Waals surface area contributed by atoms with Gasteiger partial charge in [0, 0.05) is 30.9 Å². The highest BCUT2D eigenvalue weighted by molar-refractivity contribution is 5.58. The van der Waals surface area contributed by atoms with Crippen LogP contribution in [0.25, 0.3) is 0 Å². The summed E-state index contributed by atoms with van der Waals surface area (Å²) in [5.41, 5.74) is 5.74. The summed E-state index contributed by atoms with van der Waals surface area (Å²) in [5, 5.41) is 10.9. The van der Waals surface area contributed by atoms with Crippen LogP contribution < -0.4 is 4.90 Å². The normalized spacial score (nSPS) is 18.6. The number of anilines is 1. The van der Waals surface area contributed by atoms with E-state index < -0.39 is 0 Å². The molecule has 124 valence electrons. The van der Waals surface area contributed by atoms with Crippen LogP contribution in [0.3, 0.4) is 0 Å². The Bertz CT molecular complexity index is 792. The van der Waals surface area contributed by atoms with Gasteiger partial charge in [0.15, 0.2) is 0 Å². The highest BCUT2D eigenvalue weighted by atomic mass is 16.6. The van der Waals surface area contributed by atoms with Gasteiger partial charge in [0.1, 0.15) is 0 Å². The zero-order chi connectivity index (χ0) is 16.7. The van der Waals surface area contributed by atoms with Gasteiger partial charge < -0.3 is 4.90 Å². The van der Waals surface area contributed by atoms with E-state index in [4.69, 9.17) is 0 Å². The van der Waals surface area contributed by atoms with Crippen molar-refractivity contribution in [2.24, 2.45) is 0 Å². The molecule has 0 atom stereocenters. The predicted octanol–water partition coefficient (Wildman–Crippen LogP) is 4.39. The van der Waals surface area contributed by atoms with Gasteiger partial charge in [0.05, 0.1) is 4.92 Å². The summed E-state index contributed by atoms with van der Waals surface area (Å²) in [6, 6.07) is 14.1. The molecular weight excluding hydrogens is 300 g/mol. The van der Waals surface area contributed by atoms with Crippen molar-refractivity contribution in [3.8, 4) is 0 Å². The maximum atomic E-state index is 10.9. The van der Waals surface area contributed by atoms with Crippen LogP contribution in [-0.4, -0.2) is 18.0 Å². The number of non-ortho nitro benzene ring substituents is 1. The quantitative estimate of drug-likeness (QED) is 0.608. The third-order valence-electron chi connectivity index (χ3n) is 5.91. The number of aryl methyl sites for hydroxylation is 2. The molecule has 2 aliphatic rings. The summed E-state index contributed by atoms with van der Waals surface area (Å²) >= 11 is 0. The molecular formula is C20H22N2O2. The van der Waals surface area contributed by atoms with Gasteiger partial charge in [-0.25, -0.2) is 0 Å². The summed E-state index contributed by atoms with van der Waals surface area (Å²) in [5.74, 6) is 0. The molecule has 1 saturated heterocycles. The van der Waals surface area contributed by atoms with Crippen LogP contribution in [0.4, 0.5) is 11.4 Å². The Labute approximate surface area is 142 Å². The summed E-state index contributed by atoms with van der Waals surface area (Å²) < 4.78 is 0. The number of hydrogen-bond acceptors (Lipinski definition) is 3. The molecule has 0 unspecified atom stereocenters. The molecule has 0 amide bonds. The number of benzene rings is 2. The number of nitro groups is 1. The van der Waals surface area contributed by atoms with E-state index in [2.05, 4.69) is 29.2 Å². The topological polar surface area (TPSA) is 46.4 Å². The summed E-state index contributed by atoms with van der Waals surface area (Å²) in [6.07, 6.45) is 4.80. The van der Waals surface area contributed by atoms with Crippen LogP contribution in [0.15, 0.2) is 42.5 Å². The first kappa shape index (κ1) is 15.2. The minimum atomic E-state index is -0.322. The number of rotatable bonds is 2. The maximum Gasteiger partial charge on any atom is 0.269 e. The van der Waals surface area contributed by atoms with Crippen LogP contribution in [-0.2, 0) is 11.8 Å². The molecule has 2 aromatic carbocycles. The number of hydrogen-bond donors (Lipinski definition) is 0. The van der Waals surface area contributed by atoms with Crippen LogP contribution in [0.2, 0.25) is 0 Å². The van der Waals surface area contributed by atoms with E-state index in [0.29, 0.717) is 5.41 Å². The second-order valence-corrected chi connectivity index (χ2v) is 7.15. The summed E-state index contributed by atoms with van der Waals surface area (Å²) in [4.78, 5) is 13.0. The standard InChI is InChI=1S/C20H22N2O2/c1-15-14-17(22(23)24)6-7-19(15)21-12-10-20(11-13-21)9-8-16-4-2-3-5-18(16)20/h2-7,14H,8-13H2,1H3. The molecule has 0 N–H and O–H groups in total. The molecule has 4 rings (SSSR count). The Kier molecular flexibility index (Phi) is 3.56. The van der Waals surface area contributed by atoms with Crippen molar-refractivity contribution in [2.45, 2.75) is 38.0 Å². The fourth-order valence-corrected chi connectivity index (χ4v) is 4.57. The van der Waals surface area contributed by atoms with Crippen LogP contribution in [0.5, 0.6) is 0 Å². The van der Waals surface area contributed by atoms with Crippen molar-refractivity contribution >= 4 is 11.4 Å². The highest BCUT2D eigenvalue weighted by Crippen LogP contribution is 2.46. The summed E-state index contributed by atoms with van der Waals surface area (Å²) in [7, 11) is 0. The van der Waals surface area contributed by atoms with E-state index in [1.807, 2.05) is 13.0 Å². The Morgan fingerprint density at radius 1 is 1.08 bits per heavy atom. The fourth-order valence-electron chi connectivity index (χ4n) is 4.57. The Morgan fingerprint density at radius 3 is 2.54 bits per heavy atom. The number of piperidine rings is 1. The Hall–Kier alpha value is -2.36. The Balaban J connectivity index is 1.54. The predicted molar refractivity (Wildman–Crippen MR) is 95.7 cm³/mol. The molecule has 1 spiro atoms. The first-order valence-electron chi connectivity index (χ1n) is 8.67. The van der Waals surface area contributed by atoms with Gasteiger partial charge >= 0.3 is 0 Å². The van der Waals surface area contributed by atoms with Crippen molar-refractivity contribution in [1.82, 2.24) is 0 Å². The van der Waals surface area contributed by atoms with E-state index in [1.54, 1.807) is 17.7 Å². The smallest absolute Gasteiger partial charge is 0.269 e. The molecule has 4 nitrogen and oxygen atoms in total.